The summed E-state index contributed by atoms with van der Waals surface area (Å²) in [5.41, 5.74) is 6.08. The van der Waals surface area contributed by atoms with Crippen LogP contribution in [0.4, 0.5) is 0 Å². The van der Waals surface area contributed by atoms with E-state index in [0.29, 0.717) is 0 Å². The number of nitrogens with two attached hydrogens (primary N) is 1. The van der Waals surface area contributed by atoms with E-state index in [0.717, 1.165) is 19.8 Å². The van der Waals surface area contributed by atoms with Crippen molar-refractivity contribution < 1.29 is 4.74 Å². The van der Waals surface area contributed by atoms with Gasteiger partial charge in [-0.3, -0.25) is 0 Å². The van der Waals surface area contributed by atoms with Gasteiger partial charge in [-0.2, -0.15) is 0 Å². The highest BCUT2D eigenvalue weighted by atomic mass is 32.1. The first-order valence-electron chi connectivity index (χ1n) is 4.48. The molecule has 0 amide bonds. The summed E-state index contributed by atoms with van der Waals surface area (Å²) in [6, 6.07) is 4.45. The van der Waals surface area contributed by atoms with Gasteiger partial charge in [-0.1, -0.05) is 6.07 Å². The predicted molar refractivity (Wildman–Crippen MR) is 53.9 cm³/mol. The topological polar surface area (TPSA) is 47.3 Å². The molecule has 3 N–H and O–H groups in total. The summed E-state index contributed by atoms with van der Waals surface area (Å²) in [7, 11) is 0. The number of hydrogen-bond donors (Lipinski definition) is 2. The molecule has 2 atom stereocenters. The minimum atomic E-state index is 0.0697. The average Bonchev–Trinajstić information content (AvgIpc) is 2.71. The molecule has 13 heavy (non-hydrogen) atoms. The third kappa shape index (κ3) is 2.08. The quantitative estimate of drug-likeness (QED) is 0.736. The lowest BCUT2D eigenvalue weighted by atomic mass is 10.1. The predicted octanol–water partition coefficient (Wildman–Crippen LogP) is 0.736. The first kappa shape index (κ1) is 9.15. The largest absolute Gasteiger partial charge is 0.378 e. The van der Waals surface area contributed by atoms with Crippen LogP contribution in [0.15, 0.2) is 17.5 Å². The van der Waals surface area contributed by atoms with E-state index < -0.39 is 0 Å². The highest BCUT2D eigenvalue weighted by Crippen LogP contribution is 2.20. The van der Waals surface area contributed by atoms with Gasteiger partial charge >= 0.3 is 0 Å². The molecule has 4 heteroatoms. The first-order valence-corrected chi connectivity index (χ1v) is 5.36. The fraction of sp³-hybridized carbons (Fsp3) is 0.556. The monoisotopic (exact) mass is 198 g/mol. The van der Waals surface area contributed by atoms with Crippen molar-refractivity contribution in [3.05, 3.63) is 22.4 Å². The molecule has 0 radical (unpaired) electrons. The number of morpholine rings is 1. The van der Waals surface area contributed by atoms with Crippen molar-refractivity contribution in [1.82, 2.24) is 5.32 Å². The Balaban J connectivity index is 1.99. The third-order valence-electron chi connectivity index (χ3n) is 2.26. The summed E-state index contributed by atoms with van der Waals surface area (Å²) in [5.74, 6) is 0. The summed E-state index contributed by atoms with van der Waals surface area (Å²) in [5, 5.41) is 5.42. The normalized spacial score (nSPS) is 25.8. The van der Waals surface area contributed by atoms with E-state index in [1.54, 1.807) is 11.3 Å². The fourth-order valence-electron chi connectivity index (χ4n) is 1.50. The van der Waals surface area contributed by atoms with Crippen molar-refractivity contribution in [2.45, 2.75) is 12.1 Å². The maximum absolute atomic E-state index is 6.08. The van der Waals surface area contributed by atoms with Crippen LogP contribution in [0.25, 0.3) is 0 Å². The molecule has 0 saturated carbocycles. The fourth-order valence-corrected chi connectivity index (χ4v) is 2.29. The van der Waals surface area contributed by atoms with Crippen LogP contribution in [-0.2, 0) is 4.74 Å². The Morgan fingerprint density at radius 3 is 3.23 bits per heavy atom. The third-order valence-corrected chi connectivity index (χ3v) is 3.23. The van der Waals surface area contributed by atoms with Crippen LogP contribution in [0, 0.1) is 0 Å². The van der Waals surface area contributed by atoms with Gasteiger partial charge in [0.1, 0.15) is 0 Å². The van der Waals surface area contributed by atoms with Gasteiger partial charge in [-0.25, -0.2) is 0 Å². The Kier molecular flexibility index (Phi) is 2.95. The number of ether oxygens (including phenoxy) is 1. The molecule has 3 nitrogen and oxygen atoms in total. The van der Waals surface area contributed by atoms with Gasteiger partial charge in [0.05, 0.1) is 25.3 Å². The van der Waals surface area contributed by atoms with Crippen LogP contribution >= 0.6 is 11.3 Å². The van der Waals surface area contributed by atoms with Crippen molar-refractivity contribution in [2.75, 3.05) is 19.8 Å². The SMILES string of the molecule is NC(c1cccs1)C1COCCN1. The minimum absolute atomic E-state index is 0.0697. The van der Waals surface area contributed by atoms with Crippen LogP contribution in [0.1, 0.15) is 10.9 Å². The second kappa shape index (κ2) is 4.19. The van der Waals surface area contributed by atoms with Gasteiger partial charge in [-0.15, -0.1) is 11.3 Å². The van der Waals surface area contributed by atoms with Crippen molar-refractivity contribution in [2.24, 2.45) is 5.73 Å². The van der Waals surface area contributed by atoms with Gasteiger partial charge in [0.25, 0.3) is 0 Å². The van der Waals surface area contributed by atoms with Gasteiger partial charge in [0.2, 0.25) is 0 Å². The molecule has 2 rings (SSSR count). The molecule has 0 aromatic carbocycles. The minimum Gasteiger partial charge on any atom is -0.378 e. The summed E-state index contributed by atoms with van der Waals surface area (Å²) < 4.78 is 5.36. The van der Waals surface area contributed by atoms with E-state index >= 15 is 0 Å². The number of rotatable bonds is 2. The number of nitrogens with one attached hydrogen (secondary N) is 1. The van der Waals surface area contributed by atoms with Crippen LogP contribution < -0.4 is 11.1 Å². The zero-order valence-corrected chi connectivity index (χ0v) is 8.22. The molecule has 0 spiro atoms. The van der Waals surface area contributed by atoms with Gasteiger partial charge in [0, 0.05) is 11.4 Å². The number of thiophene rings is 1. The molecule has 1 aromatic heterocycles. The van der Waals surface area contributed by atoms with Crippen LogP contribution in [-0.4, -0.2) is 25.8 Å². The molecule has 1 aromatic rings. The molecule has 2 unspecified atom stereocenters. The van der Waals surface area contributed by atoms with Crippen LogP contribution in [0.2, 0.25) is 0 Å². The summed E-state index contributed by atoms with van der Waals surface area (Å²) >= 11 is 1.70. The van der Waals surface area contributed by atoms with Crippen LogP contribution in [0.5, 0.6) is 0 Å². The highest BCUT2D eigenvalue weighted by molar-refractivity contribution is 7.10. The Morgan fingerprint density at radius 1 is 1.69 bits per heavy atom. The summed E-state index contributed by atoms with van der Waals surface area (Å²) in [6.45, 7) is 2.43. The lowest BCUT2D eigenvalue weighted by molar-refractivity contribution is 0.0688. The maximum atomic E-state index is 6.08. The molecular formula is C9H14N2OS. The van der Waals surface area contributed by atoms with Crippen molar-refractivity contribution >= 4 is 11.3 Å². The molecule has 1 aliphatic rings. The molecule has 0 bridgehead atoms. The zero-order valence-electron chi connectivity index (χ0n) is 7.40. The molecule has 2 heterocycles. The van der Waals surface area contributed by atoms with Crippen molar-refractivity contribution in [1.29, 1.82) is 0 Å². The molecule has 72 valence electrons. The smallest absolute Gasteiger partial charge is 0.0639 e. The van der Waals surface area contributed by atoms with E-state index in [9.17, 15) is 0 Å². The van der Waals surface area contributed by atoms with E-state index in [2.05, 4.69) is 16.8 Å². The maximum Gasteiger partial charge on any atom is 0.0639 e. The van der Waals surface area contributed by atoms with Crippen molar-refractivity contribution in [3.63, 3.8) is 0 Å². The van der Waals surface area contributed by atoms with E-state index in [1.165, 1.54) is 4.88 Å². The Hall–Kier alpha value is -0.420. The van der Waals surface area contributed by atoms with Crippen LogP contribution in [0.3, 0.4) is 0 Å². The van der Waals surface area contributed by atoms with Crippen molar-refractivity contribution in [3.8, 4) is 0 Å². The molecule has 1 saturated heterocycles. The zero-order chi connectivity index (χ0) is 9.10. The number of hydrogen-bond acceptors (Lipinski definition) is 4. The lowest BCUT2D eigenvalue weighted by Gasteiger charge is -2.28. The first-order chi connectivity index (χ1) is 6.38. The second-order valence-electron chi connectivity index (χ2n) is 3.18. The Labute approximate surface area is 81.9 Å². The van der Waals surface area contributed by atoms with Gasteiger partial charge in [0.15, 0.2) is 0 Å². The Morgan fingerprint density at radius 2 is 2.62 bits per heavy atom. The molecule has 1 fully saturated rings. The standard InChI is InChI=1S/C9H14N2OS/c10-9(8-2-1-5-13-8)7-6-12-4-3-11-7/h1-2,5,7,9,11H,3-4,6,10H2. The van der Waals surface area contributed by atoms with Gasteiger partial charge in [-0.05, 0) is 11.4 Å². The summed E-state index contributed by atoms with van der Waals surface area (Å²) in [4.78, 5) is 1.23. The molecule has 1 aliphatic heterocycles. The second-order valence-corrected chi connectivity index (χ2v) is 4.16. The summed E-state index contributed by atoms with van der Waals surface area (Å²) in [6.07, 6.45) is 0. The lowest BCUT2D eigenvalue weighted by Crippen LogP contribution is -2.47. The van der Waals surface area contributed by atoms with E-state index in [1.807, 2.05) is 6.07 Å². The van der Waals surface area contributed by atoms with E-state index in [4.69, 9.17) is 10.5 Å². The van der Waals surface area contributed by atoms with Gasteiger partial charge < -0.3 is 15.8 Å². The molecule has 0 aliphatic carbocycles. The average molecular weight is 198 g/mol. The molecular weight excluding hydrogens is 184 g/mol. The van der Waals surface area contributed by atoms with E-state index in [-0.39, 0.29) is 12.1 Å². The highest BCUT2D eigenvalue weighted by Gasteiger charge is 2.22. The Bertz CT molecular complexity index is 244.